The fourth-order valence-corrected chi connectivity index (χ4v) is 1.97. The predicted molar refractivity (Wildman–Crippen MR) is 73.6 cm³/mol. The summed E-state index contributed by atoms with van der Waals surface area (Å²) in [5, 5.41) is 3.47. The van der Waals surface area contributed by atoms with Crippen molar-refractivity contribution in [1.82, 2.24) is 4.98 Å². The summed E-state index contributed by atoms with van der Waals surface area (Å²) < 4.78 is 15.6. The fourth-order valence-electron chi connectivity index (χ4n) is 1.97. The minimum absolute atomic E-state index is 0.382. The van der Waals surface area contributed by atoms with Gasteiger partial charge in [-0.15, -0.1) is 0 Å². The van der Waals surface area contributed by atoms with E-state index in [9.17, 15) is 0 Å². The van der Waals surface area contributed by atoms with Gasteiger partial charge in [-0.05, 0) is 24.8 Å². The van der Waals surface area contributed by atoms with E-state index in [1.54, 1.807) is 20.4 Å². The number of pyridine rings is 1. The molecule has 0 amide bonds. The third-order valence-electron chi connectivity index (χ3n) is 3.16. The van der Waals surface area contributed by atoms with Crippen LogP contribution in [0.5, 0.6) is 5.88 Å². The van der Waals surface area contributed by atoms with Crippen molar-refractivity contribution < 1.29 is 14.2 Å². The fraction of sp³-hybridized carbons (Fsp3) is 0.643. The minimum atomic E-state index is 0.382. The number of nitrogens with zero attached hydrogens (tertiary/aromatic N) is 1. The first kappa shape index (κ1) is 14.1. The third kappa shape index (κ3) is 4.69. The van der Waals surface area contributed by atoms with E-state index in [1.807, 2.05) is 12.1 Å². The van der Waals surface area contributed by atoms with E-state index < -0.39 is 0 Å². The quantitative estimate of drug-likeness (QED) is 0.692. The minimum Gasteiger partial charge on any atom is -0.475 e. The molecule has 106 valence electrons. The smallest absolute Gasteiger partial charge is 0.213 e. The molecule has 5 nitrogen and oxygen atoms in total. The predicted octanol–water partition coefficient (Wildman–Crippen LogP) is 1.94. The number of nitrogens with one attached hydrogen (secondary N) is 1. The summed E-state index contributed by atoms with van der Waals surface area (Å²) >= 11 is 0. The van der Waals surface area contributed by atoms with Gasteiger partial charge in [0.15, 0.2) is 0 Å². The van der Waals surface area contributed by atoms with Gasteiger partial charge in [0.1, 0.15) is 6.61 Å². The van der Waals surface area contributed by atoms with Gasteiger partial charge in [-0.2, -0.15) is 0 Å². The highest BCUT2D eigenvalue weighted by molar-refractivity contribution is 5.43. The molecule has 1 heterocycles. The molecule has 1 unspecified atom stereocenters. The largest absolute Gasteiger partial charge is 0.475 e. The topological polar surface area (TPSA) is 52.6 Å². The Bertz CT molecular complexity index is 365. The van der Waals surface area contributed by atoms with Gasteiger partial charge >= 0.3 is 0 Å². The molecule has 1 fully saturated rings. The lowest BCUT2D eigenvalue weighted by Gasteiger charge is -2.18. The highest BCUT2D eigenvalue weighted by atomic mass is 16.5. The van der Waals surface area contributed by atoms with Crippen LogP contribution in [0.2, 0.25) is 0 Å². The highest BCUT2D eigenvalue weighted by Gasteiger charge is 2.31. The molecule has 2 rings (SSSR count). The SMILES string of the molecule is COCCOc1ccc(NC(COC)C2CC2)cn1. The maximum absolute atomic E-state index is 5.43. The number of hydrogen-bond donors (Lipinski definition) is 1. The normalized spacial score (nSPS) is 16.1. The van der Waals surface area contributed by atoms with Crippen molar-refractivity contribution in [3.63, 3.8) is 0 Å². The van der Waals surface area contributed by atoms with Gasteiger partial charge in [0.05, 0.1) is 31.1 Å². The molecule has 0 bridgehead atoms. The van der Waals surface area contributed by atoms with E-state index in [0.29, 0.717) is 25.1 Å². The Balaban J connectivity index is 1.83. The molecule has 0 aromatic carbocycles. The zero-order chi connectivity index (χ0) is 13.5. The average Bonchev–Trinajstić information content (AvgIpc) is 3.25. The van der Waals surface area contributed by atoms with Crippen molar-refractivity contribution in [1.29, 1.82) is 0 Å². The molecule has 1 aliphatic carbocycles. The monoisotopic (exact) mass is 266 g/mol. The Hall–Kier alpha value is -1.33. The second-order valence-corrected chi connectivity index (χ2v) is 4.77. The van der Waals surface area contributed by atoms with Gasteiger partial charge in [0.2, 0.25) is 5.88 Å². The zero-order valence-corrected chi connectivity index (χ0v) is 11.6. The lowest BCUT2D eigenvalue weighted by molar-refractivity contribution is 0.144. The molecule has 1 atom stereocenters. The second kappa shape index (κ2) is 7.31. The Kier molecular flexibility index (Phi) is 5.42. The maximum atomic E-state index is 5.43. The van der Waals surface area contributed by atoms with Gasteiger partial charge in [0.25, 0.3) is 0 Å². The van der Waals surface area contributed by atoms with Gasteiger partial charge < -0.3 is 19.5 Å². The lowest BCUT2D eigenvalue weighted by Crippen LogP contribution is -2.27. The molecule has 1 saturated carbocycles. The summed E-state index contributed by atoms with van der Waals surface area (Å²) in [6, 6.07) is 4.24. The van der Waals surface area contributed by atoms with Crippen LogP contribution >= 0.6 is 0 Å². The first-order valence-electron chi connectivity index (χ1n) is 6.66. The van der Waals surface area contributed by atoms with Crippen LogP contribution < -0.4 is 10.1 Å². The van der Waals surface area contributed by atoms with Crippen molar-refractivity contribution in [3.05, 3.63) is 18.3 Å². The molecular formula is C14H22N2O3. The van der Waals surface area contributed by atoms with Crippen molar-refractivity contribution in [3.8, 4) is 5.88 Å². The van der Waals surface area contributed by atoms with E-state index in [4.69, 9.17) is 14.2 Å². The van der Waals surface area contributed by atoms with E-state index >= 15 is 0 Å². The molecule has 1 N–H and O–H groups in total. The van der Waals surface area contributed by atoms with Crippen LogP contribution in [0.25, 0.3) is 0 Å². The van der Waals surface area contributed by atoms with Gasteiger partial charge in [-0.3, -0.25) is 0 Å². The van der Waals surface area contributed by atoms with Crippen molar-refractivity contribution in [2.45, 2.75) is 18.9 Å². The summed E-state index contributed by atoms with van der Waals surface area (Å²) in [4.78, 5) is 4.26. The number of ether oxygens (including phenoxy) is 3. The maximum Gasteiger partial charge on any atom is 0.213 e. The summed E-state index contributed by atoms with van der Waals surface area (Å²) in [5.41, 5.74) is 1.01. The Morgan fingerprint density at radius 3 is 2.68 bits per heavy atom. The second-order valence-electron chi connectivity index (χ2n) is 4.77. The molecular weight excluding hydrogens is 244 g/mol. The van der Waals surface area contributed by atoms with Crippen molar-refractivity contribution in [2.75, 3.05) is 39.4 Å². The summed E-state index contributed by atoms with van der Waals surface area (Å²) in [7, 11) is 3.39. The van der Waals surface area contributed by atoms with E-state index in [0.717, 1.165) is 18.2 Å². The van der Waals surface area contributed by atoms with Gasteiger partial charge in [0, 0.05) is 20.3 Å². The van der Waals surface area contributed by atoms with E-state index in [-0.39, 0.29) is 0 Å². The van der Waals surface area contributed by atoms with Crippen LogP contribution in [-0.2, 0) is 9.47 Å². The number of rotatable bonds is 9. The Labute approximate surface area is 114 Å². The van der Waals surface area contributed by atoms with Crippen LogP contribution in [0.1, 0.15) is 12.8 Å². The Morgan fingerprint density at radius 1 is 1.26 bits per heavy atom. The molecule has 1 aliphatic rings. The first-order chi connectivity index (χ1) is 9.33. The molecule has 0 aliphatic heterocycles. The van der Waals surface area contributed by atoms with E-state index in [2.05, 4.69) is 10.3 Å². The molecule has 0 spiro atoms. The average molecular weight is 266 g/mol. The van der Waals surface area contributed by atoms with Crippen LogP contribution in [0, 0.1) is 5.92 Å². The van der Waals surface area contributed by atoms with Crippen molar-refractivity contribution in [2.24, 2.45) is 5.92 Å². The van der Waals surface area contributed by atoms with Crippen molar-refractivity contribution >= 4 is 5.69 Å². The van der Waals surface area contributed by atoms with Crippen LogP contribution in [0.4, 0.5) is 5.69 Å². The molecule has 5 heteroatoms. The lowest BCUT2D eigenvalue weighted by atomic mass is 10.2. The molecule has 1 aromatic heterocycles. The number of anilines is 1. The zero-order valence-electron chi connectivity index (χ0n) is 11.6. The molecule has 1 aromatic rings. The highest BCUT2D eigenvalue weighted by Crippen LogP contribution is 2.34. The Morgan fingerprint density at radius 2 is 2.11 bits per heavy atom. The standard InChI is InChI=1S/C14H22N2O3/c1-17-7-8-19-14-6-5-12(9-15-14)16-13(10-18-2)11-3-4-11/h5-6,9,11,13,16H,3-4,7-8,10H2,1-2H3. The number of aromatic nitrogens is 1. The number of methoxy groups -OCH3 is 2. The van der Waals surface area contributed by atoms with E-state index in [1.165, 1.54) is 12.8 Å². The summed E-state index contributed by atoms with van der Waals surface area (Å²) in [6.07, 6.45) is 4.37. The molecule has 0 saturated heterocycles. The van der Waals surface area contributed by atoms with Crippen LogP contribution in [0.15, 0.2) is 18.3 Å². The molecule has 0 radical (unpaired) electrons. The van der Waals surface area contributed by atoms with Crippen LogP contribution in [-0.4, -0.2) is 45.1 Å². The summed E-state index contributed by atoms with van der Waals surface area (Å²) in [5.74, 6) is 1.36. The first-order valence-corrected chi connectivity index (χ1v) is 6.66. The van der Waals surface area contributed by atoms with Gasteiger partial charge in [-0.25, -0.2) is 4.98 Å². The van der Waals surface area contributed by atoms with Gasteiger partial charge in [-0.1, -0.05) is 0 Å². The third-order valence-corrected chi connectivity index (χ3v) is 3.16. The molecule has 19 heavy (non-hydrogen) atoms. The van der Waals surface area contributed by atoms with Crippen LogP contribution in [0.3, 0.4) is 0 Å². The summed E-state index contributed by atoms with van der Waals surface area (Å²) in [6.45, 7) is 1.82. The number of hydrogen-bond acceptors (Lipinski definition) is 5.